The largest absolute Gasteiger partial charge is 0.469 e. The van der Waals surface area contributed by atoms with Gasteiger partial charge in [-0.3, -0.25) is 9.59 Å². The van der Waals surface area contributed by atoms with Crippen LogP contribution < -0.4 is 11.5 Å². The van der Waals surface area contributed by atoms with Crippen LogP contribution in [0.3, 0.4) is 0 Å². The molecule has 1 aliphatic heterocycles. The molecule has 6 heteroatoms. The zero-order valence-corrected chi connectivity index (χ0v) is 10.8. The second kappa shape index (κ2) is 5.17. The van der Waals surface area contributed by atoms with E-state index in [9.17, 15) is 9.59 Å². The summed E-state index contributed by atoms with van der Waals surface area (Å²) in [5.74, 6) is -0.680. The van der Waals surface area contributed by atoms with Crippen LogP contribution in [-0.4, -0.2) is 37.0 Å². The number of carbonyl (C=O) groups is 2. The second-order valence-electron chi connectivity index (χ2n) is 4.65. The molecule has 0 aromatic heterocycles. The van der Waals surface area contributed by atoms with E-state index in [2.05, 4.69) is 4.74 Å². The number of hydrogen-bond acceptors (Lipinski definition) is 5. The number of anilines is 2. The zero-order chi connectivity index (χ0) is 14.0. The molecule has 1 fully saturated rings. The van der Waals surface area contributed by atoms with Crippen molar-refractivity contribution in [1.29, 1.82) is 0 Å². The Hall–Kier alpha value is -2.24. The molecule has 0 spiro atoms. The van der Waals surface area contributed by atoms with Crippen LogP contribution in [0.2, 0.25) is 0 Å². The second-order valence-corrected chi connectivity index (χ2v) is 4.65. The maximum Gasteiger partial charge on any atom is 0.310 e. The van der Waals surface area contributed by atoms with Gasteiger partial charge in [0.05, 0.1) is 13.0 Å². The molecule has 1 aliphatic rings. The summed E-state index contributed by atoms with van der Waals surface area (Å²) >= 11 is 0. The van der Waals surface area contributed by atoms with Crippen LogP contribution in [0.4, 0.5) is 11.4 Å². The minimum atomic E-state index is -0.276. The summed E-state index contributed by atoms with van der Waals surface area (Å²) in [7, 11) is 1.35. The highest BCUT2D eigenvalue weighted by Crippen LogP contribution is 2.22. The summed E-state index contributed by atoms with van der Waals surface area (Å²) in [5, 5.41) is 0. The van der Waals surface area contributed by atoms with Crippen molar-refractivity contribution in [2.75, 3.05) is 31.7 Å². The topological polar surface area (TPSA) is 98.6 Å². The van der Waals surface area contributed by atoms with Gasteiger partial charge in [0.25, 0.3) is 5.91 Å². The molecule has 1 aromatic carbocycles. The van der Waals surface area contributed by atoms with E-state index < -0.39 is 0 Å². The third-order valence-electron chi connectivity index (χ3n) is 3.23. The lowest BCUT2D eigenvalue weighted by Crippen LogP contribution is -2.30. The molecule has 2 rings (SSSR count). The van der Waals surface area contributed by atoms with E-state index >= 15 is 0 Å². The van der Waals surface area contributed by atoms with Crippen LogP contribution in [0.1, 0.15) is 16.8 Å². The van der Waals surface area contributed by atoms with Crippen molar-refractivity contribution in [2.24, 2.45) is 5.92 Å². The van der Waals surface area contributed by atoms with Gasteiger partial charge < -0.3 is 21.1 Å². The van der Waals surface area contributed by atoms with Crippen LogP contribution in [0.25, 0.3) is 0 Å². The van der Waals surface area contributed by atoms with E-state index in [1.165, 1.54) is 7.11 Å². The predicted octanol–water partition coefficient (Wildman–Crippen LogP) is 0.486. The van der Waals surface area contributed by atoms with Crippen molar-refractivity contribution >= 4 is 23.3 Å². The first-order chi connectivity index (χ1) is 9.01. The van der Waals surface area contributed by atoms with Gasteiger partial charge in [0.15, 0.2) is 0 Å². The summed E-state index contributed by atoms with van der Waals surface area (Å²) < 4.78 is 4.69. The Bertz CT molecular complexity index is 496. The van der Waals surface area contributed by atoms with Gasteiger partial charge in [-0.15, -0.1) is 0 Å². The first-order valence-electron chi connectivity index (χ1n) is 6.04. The average molecular weight is 263 g/mol. The fraction of sp³-hybridized carbons (Fsp3) is 0.385. The number of benzene rings is 1. The molecule has 1 heterocycles. The van der Waals surface area contributed by atoms with Crippen LogP contribution in [0.15, 0.2) is 18.2 Å². The minimum absolute atomic E-state index is 0.162. The molecule has 4 N–H and O–H groups in total. The highest BCUT2D eigenvalue weighted by molar-refractivity contribution is 5.96. The number of esters is 1. The number of likely N-dealkylation sites (tertiary alicyclic amines) is 1. The van der Waals surface area contributed by atoms with Crippen LogP contribution in [-0.2, 0) is 9.53 Å². The minimum Gasteiger partial charge on any atom is -0.469 e. The standard InChI is InChI=1S/C13H17N3O3/c1-19-13(18)8-2-3-16(7-8)12(17)9-4-10(14)6-11(15)5-9/h4-6,8H,2-3,7,14-15H2,1H3. The molecule has 1 unspecified atom stereocenters. The number of rotatable bonds is 2. The molecule has 0 aliphatic carbocycles. The van der Waals surface area contributed by atoms with Crippen molar-refractivity contribution in [3.8, 4) is 0 Å². The Morgan fingerprint density at radius 3 is 2.47 bits per heavy atom. The molecule has 0 saturated carbocycles. The summed E-state index contributed by atoms with van der Waals surface area (Å²) in [5.41, 5.74) is 12.7. The number of nitrogens with zero attached hydrogens (tertiary/aromatic N) is 1. The maximum atomic E-state index is 12.3. The van der Waals surface area contributed by atoms with Gasteiger partial charge in [0, 0.05) is 30.0 Å². The molecular formula is C13H17N3O3. The van der Waals surface area contributed by atoms with Crippen LogP contribution in [0, 0.1) is 5.92 Å². The lowest BCUT2D eigenvalue weighted by Gasteiger charge is -2.16. The first-order valence-corrected chi connectivity index (χ1v) is 6.04. The molecule has 6 nitrogen and oxygen atoms in total. The summed E-state index contributed by atoms with van der Waals surface area (Å²) in [6.45, 7) is 0.910. The number of nitrogen functional groups attached to an aromatic ring is 2. The highest BCUT2D eigenvalue weighted by Gasteiger charge is 2.32. The van der Waals surface area contributed by atoms with Gasteiger partial charge >= 0.3 is 5.97 Å². The van der Waals surface area contributed by atoms with Crippen molar-refractivity contribution in [3.63, 3.8) is 0 Å². The van der Waals surface area contributed by atoms with E-state index in [4.69, 9.17) is 11.5 Å². The molecule has 19 heavy (non-hydrogen) atoms. The van der Waals surface area contributed by atoms with Gasteiger partial charge in [-0.2, -0.15) is 0 Å². The lowest BCUT2D eigenvalue weighted by molar-refractivity contribution is -0.144. The zero-order valence-electron chi connectivity index (χ0n) is 10.8. The van der Waals surface area contributed by atoms with E-state index in [0.29, 0.717) is 36.4 Å². The molecular weight excluding hydrogens is 246 g/mol. The van der Waals surface area contributed by atoms with Gasteiger partial charge in [0.1, 0.15) is 0 Å². The Morgan fingerprint density at radius 1 is 1.26 bits per heavy atom. The Labute approximate surface area is 111 Å². The quantitative estimate of drug-likeness (QED) is 0.597. The van der Waals surface area contributed by atoms with Gasteiger partial charge in [-0.25, -0.2) is 0 Å². The summed E-state index contributed by atoms with van der Waals surface area (Å²) in [6.07, 6.45) is 0.621. The third kappa shape index (κ3) is 2.78. The number of ether oxygens (including phenoxy) is 1. The normalized spacial score (nSPS) is 18.4. The third-order valence-corrected chi connectivity index (χ3v) is 3.23. The molecule has 1 amide bonds. The summed E-state index contributed by atoms with van der Waals surface area (Å²) in [4.78, 5) is 25.3. The predicted molar refractivity (Wildman–Crippen MR) is 71.3 cm³/mol. The fourth-order valence-electron chi connectivity index (χ4n) is 2.29. The Morgan fingerprint density at radius 2 is 1.89 bits per heavy atom. The number of hydrogen-bond donors (Lipinski definition) is 2. The van der Waals surface area contributed by atoms with E-state index in [1.54, 1.807) is 23.1 Å². The van der Waals surface area contributed by atoms with E-state index in [1.807, 2.05) is 0 Å². The van der Waals surface area contributed by atoms with Gasteiger partial charge in [0.2, 0.25) is 0 Å². The van der Waals surface area contributed by atoms with Crippen molar-refractivity contribution in [1.82, 2.24) is 4.90 Å². The Balaban J connectivity index is 2.11. The van der Waals surface area contributed by atoms with Gasteiger partial charge in [-0.1, -0.05) is 0 Å². The molecule has 0 radical (unpaired) electrons. The van der Waals surface area contributed by atoms with Crippen LogP contribution >= 0.6 is 0 Å². The van der Waals surface area contributed by atoms with Gasteiger partial charge in [-0.05, 0) is 24.6 Å². The monoisotopic (exact) mass is 263 g/mol. The lowest BCUT2D eigenvalue weighted by atomic mass is 10.1. The SMILES string of the molecule is COC(=O)C1CCN(C(=O)c2cc(N)cc(N)c2)C1. The van der Waals surface area contributed by atoms with Crippen molar-refractivity contribution < 1.29 is 14.3 Å². The summed E-state index contributed by atoms with van der Waals surface area (Å²) in [6, 6.07) is 4.77. The van der Waals surface area contributed by atoms with E-state index in [-0.39, 0.29) is 17.8 Å². The van der Waals surface area contributed by atoms with Crippen molar-refractivity contribution in [2.45, 2.75) is 6.42 Å². The molecule has 102 valence electrons. The smallest absolute Gasteiger partial charge is 0.310 e. The van der Waals surface area contributed by atoms with Crippen LogP contribution in [0.5, 0.6) is 0 Å². The highest BCUT2D eigenvalue weighted by atomic mass is 16.5. The number of amides is 1. The fourth-order valence-corrected chi connectivity index (χ4v) is 2.29. The number of methoxy groups -OCH3 is 1. The molecule has 1 atom stereocenters. The molecule has 1 saturated heterocycles. The number of nitrogens with two attached hydrogens (primary N) is 2. The number of carbonyl (C=O) groups excluding carboxylic acids is 2. The molecule has 0 bridgehead atoms. The molecule has 1 aromatic rings. The first kappa shape index (κ1) is 13.2. The Kier molecular flexibility index (Phi) is 3.59. The average Bonchev–Trinajstić information content (AvgIpc) is 2.85. The van der Waals surface area contributed by atoms with Crippen molar-refractivity contribution in [3.05, 3.63) is 23.8 Å². The van der Waals surface area contributed by atoms with E-state index in [0.717, 1.165) is 0 Å². The maximum absolute atomic E-state index is 12.3.